The topological polar surface area (TPSA) is 89.4 Å². The average molecular weight is 407 g/mol. The lowest BCUT2D eigenvalue weighted by Gasteiger charge is -2.06. The number of hydrogen-bond acceptors (Lipinski definition) is 6. The van der Waals surface area contributed by atoms with Crippen LogP contribution in [-0.4, -0.2) is 31.1 Å². The molecule has 0 aromatic heterocycles. The molecule has 7 nitrogen and oxygen atoms in total. The maximum Gasteiger partial charge on any atom is 0.244 e. The van der Waals surface area contributed by atoms with Crippen molar-refractivity contribution >= 4 is 28.1 Å². The van der Waals surface area contributed by atoms with Crippen molar-refractivity contribution < 1.29 is 24.1 Å². The fourth-order valence-corrected chi connectivity index (χ4v) is 2.71. The molecule has 8 heteroatoms. The standard InChI is InChI=1S/C17H15BrN2O5/c1-23-12-6-11(17(22)13(18)7-12)8-19-20-16(21)5-10-2-3-14-15(4-10)25-9-24-14/h2-4,6-8,22H,5,9H2,1H3,(H,20,21)/b19-8-. The highest BCUT2D eigenvalue weighted by molar-refractivity contribution is 9.10. The molecule has 0 saturated heterocycles. The van der Waals surface area contributed by atoms with Crippen molar-refractivity contribution in [1.82, 2.24) is 5.43 Å². The van der Waals surface area contributed by atoms with Crippen LogP contribution >= 0.6 is 15.9 Å². The third-order valence-electron chi connectivity index (χ3n) is 3.50. The number of carbonyl (C=O) groups is 1. The molecule has 0 saturated carbocycles. The minimum atomic E-state index is -0.295. The fourth-order valence-electron chi connectivity index (χ4n) is 2.26. The van der Waals surface area contributed by atoms with Gasteiger partial charge in [-0.3, -0.25) is 4.79 Å². The first-order valence-electron chi connectivity index (χ1n) is 7.34. The minimum absolute atomic E-state index is 0.00886. The zero-order chi connectivity index (χ0) is 17.8. The number of nitrogens with zero attached hydrogens (tertiary/aromatic N) is 1. The highest BCUT2D eigenvalue weighted by atomic mass is 79.9. The van der Waals surface area contributed by atoms with Gasteiger partial charge < -0.3 is 19.3 Å². The second kappa shape index (κ2) is 7.43. The number of ether oxygens (including phenoxy) is 3. The number of phenolic OH excluding ortho intramolecular Hbond substituents is 1. The molecule has 0 bridgehead atoms. The van der Waals surface area contributed by atoms with Crippen molar-refractivity contribution in [2.45, 2.75) is 6.42 Å². The van der Waals surface area contributed by atoms with Crippen LogP contribution in [0.4, 0.5) is 0 Å². The van der Waals surface area contributed by atoms with E-state index in [0.717, 1.165) is 5.56 Å². The number of phenols is 1. The zero-order valence-electron chi connectivity index (χ0n) is 13.3. The van der Waals surface area contributed by atoms with E-state index < -0.39 is 0 Å². The van der Waals surface area contributed by atoms with E-state index >= 15 is 0 Å². The van der Waals surface area contributed by atoms with Crippen molar-refractivity contribution in [3.05, 3.63) is 45.9 Å². The molecule has 2 aromatic carbocycles. The lowest BCUT2D eigenvalue weighted by atomic mass is 10.1. The minimum Gasteiger partial charge on any atom is -0.506 e. The van der Waals surface area contributed by atoms with Crippen LogP contribution in [0.25, 0.3) is 0 Å². The first kappa shape index (κ1) is 17.1. The Morgan fingerprint density at radius 2 is 2.16 bits per heavy atom. The van der Waals surface area contributed by atoms with Crippen molar-refractivity contribution in [2.75, 3.05) is 13.9 Å². The summed E-state index contributed by atoms with van der Waals surface area (Å²) in [5.74, 6) is 1.56. The molecule has 0 spiro atoms. The number of hydrazone groups is 1. The molecule has 0 radical (unpaired) electrons. The average Bonchev–Trinajstić information content (AvgIpc) is 3.06. The summed E-state index contributed by atoms with van der Waals surface area (Å²) in [5.41, 5.74) is 3.62. The van der Waals surface area contributed by atoms with Gasteiger partial charge in [0.15, 0.2) is 11.5 Å². The van der Waals surface area contributed by atoms with Gasteiger partial charge in [0.2, 0.25) is 12.7 Å². The molecular weight excluding hydrogens is 392 g/mol. The number of halogens is 1. The van der Waals surface area contributed by atoms with Gasteiger partial charge in [-0.05, 0) is 45.8 Å². The van der Waals surface area contributed by atoms with Gasteiger partial charge in [-0.15, -0.1) is 0 Å². The number of amides is 1. The fraction of sp³-hybridized carbons (Fsp3) is 0.176. The maximum atomic E-state index is 12.0. The summed E-state index contributed by atoms with van der Waals surface area (Å²) in [7, 11) is 1.52. The Morgan fingerprint density at radius 1 is 1.36 bits per heavy atom. The molecule has 0 fully saturated rings. The Kier molecular flexibility index (Phi) is 5.08. The van der Waals surface area contributed by atoms with E-state index in [1.165, 1.54) is 13.3 Å². The summed E-state index contributed by atoms with van der Waals surface area (Å²) in [6.45, 7) is 0.189. The molecule has 2 aromatic rings. The van der Waals surface area contributed by atoms with Crippen LogP contribution < -0.4 is 19.6 Å². The van der Waals surface area contributed by atoms with Crippen LogP contribution in [0.3, 0.4) is 0 Å². The molecule has 130 valence electrons. The largest absolute Gasteiger partial charge is 0.506 e. The highest BCUT2D eigenvalue weighted by Crippen LogP contribution is 2.33. The van der Waals surface area contributed by atoms with Crippen LogP contribution in [0.5, 0.6) is 23.0 Å². The Bertz CT molecular complexity index is 838. The number of nitrogens with one attached hydrogen (secondary N) is 1. The first-order valence-corrected chi connectivity index (χ1v) is 8.13. The Hall–Kier alpha value is -2.74. The molecular formula is C17H15BrN2O5. The number of fused-ring (bicyclic) bond motifs is 1. The summed E-state index contributed by atoms with van der Waals surface area (Å²) < 4.78 is 16.1. The first-order chi connectivity index (χ1) is 12.1. The second-order valence-corrected chi connectivity index (χ2v) is 6.06. The SMILES string of the molecule is COc1cc(Br)c(O)c(/C=N\NC(=O)Cc2ccc3c(c2)OCO3)c1. The lowest BCUT2D eigenvalue weighted by molar-refractivity contribution is -0.120. The van der Waals surface area contributed by atoms with E-state index in [4.69, 9.17) is 14.2 Å². The van der Waals surface area contributed by atoms with Crippen LogP contribution in [0.1, 0.15) is 11.1 Å². The molecule has 3 rings (SSSR count). The van der Waals surface area contributed by atoms with Crippen LogP contribution in [0.2, 0.25) is 0 Å². The van der Waals surface area contributed by atoms with Gasteiger partial charge in [-0.2, -0.15) is 5.10 Å². The van der Waals surface area contributed by atoms with Gasteiger partial charge in [0.05, 0.1) is 24.2 Å². The maximum absolute atomic E-state index is 12.0. The van der Waals surface area contributed by atoms with Gasteiger partial charge in [-0.1, -0.05) is 6.07 Å². The number of carbonyl (C=O) groups excluding carboxylic acids is 1. The van der Waals surface area contributed by atoms with Crippen molar-refractivity contribution in [2.24, 2.45) is 5.10 Å². The highest BCUT2D eigenvalue weighted by Gasteiger charge is 2.14. The Morgan fingerprint density at radius 3 is 2.96 bits per heavy atom. The number of methoxy groups -OCH3 is 1. The molecule has 0 unspecified atom stereocenters. The van der Waals surface area contributed by atoms with E-state index in [0.29, 0.717) is 27.3 Å². The van der Waals surface area contributed by atoms with E-state index in [1.807, 2.05) is 0 Å². The number of rotatable bonds is 5. The Labute approximate surface area is 152 Å². The van der Waals surface area contributed by atoms with Gasteiger partial charge in [0.1, 0.15) is 11.5 Å². The van der Waals surface area contributed by atoms with Crippen molar-refractivity contribution in [1.29, 1.82) is 0 Å². The van der Waals surface area contributed by atoms with E-state index in [2.05, 4.69) is 26.5 Å². The number of hydrogen-bond donors (Lipinski definition) is 2. The molecule has 1 heterocycles. The normalized spacial score (nSPS) is 12.4. The molecule has 1 amide bonds. The van der Waals surface area contributed by atoms with Gasteiger partial charge in [-0.25, -0.2) is 5.43 Å². The Balaban J connectivity index is 1.62. The van der Waals surface area contributed by atoms with Crippen LogP contribution in [0.15, 0.2) is 39.9 Å². The molecule has 0 aliphatic carbocycles. The molecule has 1 aliphatic heterocycles. The third-order valence-corrected chi connectivity index (χ3v) is 4.10. The molecule has 1 aliphatic rings. The van der Waals surface area contributed by atoms with E-state index in [9.17, 15) is 9.90 Å². The van der Waals surface area contributed by atoms with Crippen LogP contribution in [0, 0.1) is 0 Å². The summed E-state index contributed by atoms with van der Waals surface area (Å²) in [4.78, 5) is 12.0. The molecule has 2 N–H and O–H groups in total. The quantitative estimate of drug-likeness (QED) is 0.588. The zero-order valence-corrected chi connectivity index (χ0v) is 14.9. The molecule has 0 atom stereocenters. The smallest absolute Gasteiger partial charge is 0.244 e. The third kappa shape index (κ3) is 4.03. The number of aromatic hydroxyl groups is 1. The summed E-state index contributed by atoms with van der Waals surface area (Å²) in [6, 6.07) is 8.55. The van der Waals surface area contributed by atoms with Crippen molar-refractivity contribution in [3.63, 3.8) is 0 Å². The van der Waals surface area contributed by atoms with Gasteiger partial charge in [0.25, 0.3) is 0 Å². The summed E-state index contributed by atoms with van der Waals surface area (Å²) in [6.07, 6.45) is 1.49. The monoisotopic (exact) mass is 406 g/mol. The second-order valence-electron chi connectivity index (χ2n) is 5.20. The predicted octanol–water partition coefficient (Wildman–Crippen LogP) is 2.58. The van der Waals surface area contributed by atoms with E-state index in [1.54, 1.807) is 30.3 Å². The van der Waals surface area contributed by atoms with Gasteiger partial charge in [0, 0.05) is 5.56 Å². The number of benzene rings is 2. The molecule has 25 heavy (non-hydrogen) atoms. The van der Waals surface area contributed by atoms with E-state index in [-0.39, 0.29) is 24.9 Å². The lowest BCUT2D eigenvalue weighted by Crippen LogP contribution is -2.19. The summed E-state index contributed by atoms with van der Waals surface area (Å²) in [5, 5.41) is 13.8. The van der Waals surface area contributed by atoms with Gasteiger partial charge >= 0.3 is 0 Å². The predicted molar refractivity (Wildman–Crippen MR) is 94.4 cm³/mol. The van der Waals surface area contributed by atoms with Crippen LogP contribution in [-0.2, 0) is 11.2 Å². The summed E-state index contributed by atoms with van der Waals surface area (Å²) >= 11 is 3.23. The van der Waals surface area contributed by atoms with Crippen molar-refractivity contribution in [3.8, 4) is 23.0 Å².